The van der Waals surface area contributed by atoms with E-state index in [2.05, 4.69) is 6.58 Å². The molecule has 0 spiro atoms. The van der Waals surface area contributed by atoms with Gasteiger partial charge in [-0.25, -0.2) is 4.79 Å². The Morgan fingerprint density at radius 1 is 1.33 bits per heavy atom. The summed E-state index contributed by atoms with van der Waals surface area (Å²) in [6.07, 6.45) is 6.32. The van der Waals surface area contributed by atoms with E-state index in [-0.39, 0.29) is 5.97 Å². The van der Waals surface area contributed by atoms with Gasteiger partial charge in [-0.2, -0.15) is 0 Å². The van der Waals surface area contributed by atoms with Crippen molar-refractivity contribution in [3.8, 4) is 0 Å². The van der Waals surface area contributed by atoms with E-state index in [9.17, 15) is 4.79 Å². The summed E-state index contributed by atoms with van der Waals surface area (Å²) in [5.41, 5.74) is 2.20. The van der Waals surface area contributed by atoms with E-state index < -0.39 is 5.60 Å². The van der Waals surface area contributed by atoms with E-state index in [0.717, 1.165) is 42.4 Å². The lowest BCUT2D eigenvalue weighted by Crippen LogP contribution is -2.34. The molecule has 1 saturated carbocycles. The average molecular weight is 244 g/mol. The predicted octanol–water partition coefficient (Wildman–Crippen LogP) is 3.76. The summed E-state index contributed by atoms with van der Waals surface area (Å²) in [5, 5.41) is 0. The van der Waals surface area contributed by atoms with Crippen molar-refractivity contribution in [1.82, 2.24) is 0 Å². The smallest absolute Gasteiger partial charge is 0.331 e. The highest BCUT2D eigenvalue weighted by molar-refractivity contribution is 5.82. The first-order valence-corrected chi connectivity index (χ1v) is 6.41. The highest BCUT2D eigenvalue weighted by atomic mass is 16.6. The van der Waals surface area contributed by atoms with Crippen LogP contribution in [0, 0.1) is 0 Å². The van der Waals surface area contributed by atoms with Gasteiger partial charge in [0.25, 0.3) is 0 Å². The fourth-order valence-electron chi connectivity index (χ4n) is 2.93. The molecule has 3 rings (SSSR count). The van der Waals surface area contributed by atoms with Gasteiger partial charge < -0.3 is 9.15 Å². The van der Waals surface area contributed by atoms with Crippen LogP contribution in [0.2, 0.25) is 0 Å². The second-order valence-electron chi connectivity index (χ2n) is 4.94. The molecule has 18 heavy (non-hydrogen) atoms. The highest BCUT2D eigenvalue weighted by Crippen LogP contribution is 2.44. The molecule has 2 aromatic rings. The number of esters is 1. The molecule has 0 N–H and O–H groups in total. The molecule has 1 fully saturated rings. The summed E-state index contributed by atoms with van der Waals surface area (Å²) >= 11 is 0. The van der Waals surface area contributed by atoms with Gasteiger partial charge in [0.15, 0.2) is 0 Å². The lowest BCUT2D eigenvalue weighted by Gasteiger charge is -2.36. The standard InChI is InChI=1S/C15H16O3/c1-2-14(16)18-15(8-4-3-5-9-15)12-10-11-6-7-13(12)17-11/h2,6-7,10H,1,3-5,8-9H2. The van der Waals surface area contributed by atoms with Crippen LogP contribution in [-0.4, -0.2) is 5.97 Å². The van der Waals surface area contributed by atoms with E-state index in [1.165, 1.54) is 12.5 Å². The Bertz CT molecular complexity index is 561. The van der Waals surface area contributed by atoms with Crippen molar-refractivity contribution in [2.45, 2.75) is 37.7 Å². The molecular weight excluding hydrogens is 228 g/mol. The average Bonchev–Trinajstić information content (AvgIpc) is 3.02. The Labute approximate surface area is 106 Å². The number of hydrogen-bond donors (Lipinski definition) is 0. The third-order valence-corrected chi connectivity index (χ3v) is 3.79. The quantitative estimate of drug-likeness (QED) is 0.609. The molecule has 0 aliphatic heterocycles. The third kappa shape index (κ3) is 1.70. The first-order chi connectivity index (χ1) is 8.73. The molecule has 3 heteroatoms. The number of rotatable bonds is 3. The normalized spacial score (nSPS) is 18.9. The first-order valence-electron chi connectivity index (χ1n) is 6.41. The number of ether oxygens (including phenoxy) is 1. The van der Waals surface area contributed by atoms with E-state index in [1.54, 1.807) is 0 Å². The SMILES string of the molecule is C=CC(=O)OC1(c2cc3ccc2o3)CCCCC1. The molecule has 0 amide bonds. The largest absolute Gasteiger partial charge is 0.457 e. The zero-order chi connectivity index (χ0) is 12.6. The molecule has 0 radical (unpaired) electrons. The van der Waals surface area contributed by atoms with E-state index in [0.29, 0.717) is 0 Å². The van der Waals surface area contributed by atoms with Gasteiger partial charge in [0.1, 0.15) is 16.8 Å². The molecule has 2 aromatic heterocycles. The van der Waals surface area contributed by atoms with E-state index in [4.69, 9.17) is 9.15 Å². The minimum Gasteiger partial charge on any atom is -0.457 e. The maximum atomic E-state index is 11.6. The Morgan fingerprint density at radius 2 is 2.11 bits per heavy atom. The predicted molar refractivity (Wildman–Crippen MR) is 68.5 cm³/mol. The van der Waals surface area contributed by atoms with E-state index >= 15 is 0 Å². The Hall–Kier alpha value is -1.77. The fraction of sp³-hybridized carbons (Fsp3) is 0.400. The number of carbonyl (C=O) groups excluding carboxylic acids is 1. The minimum atomic E-state index is -0.509. The molecule has 2 bridgehead atoms. The second kappa shape index (κ2) is 4.16. The topological polar surface area (TPSA) is 39.4 Å². The van der Waals surface area contributed by atoms with Crippen LogP contribution >= 0.6 is 0 Å². The lowest BCUT2D eigenvalue weighted by molar-refractivity contribution is -0.158. The van der Waals surface area contributed by atoms with Crippen LogP contribution in [0.3, 0.4) is 0 Å². The molecule has 94 valence electrons. The van der Waals surface area contributed by atoms with Crippen molar-refractivity contribution in [3.05, 3.63) is 36.4 Å². The van der Waals surface area contributed by atoms with Crippen LogP contribution in [0.25, 0.3) is 11.2 Å². The van der Waals surface area contributed by atoms with Gasteiger partial charge >= 0.3 is 5.97 Å². The molecule has 0 atom stereocenters. The lowest BCUT2D eigenvalue weighted by atomic mass is 9.79. The number of hydrogen-bond acceptors (Lipinski definition) is 3. The third-order valence-electron chi connectivity index (χ3n) is 3.79. The molecule has 1 aliphatic carbocycles. The molecule has 1 aliphatic rings. The van der Waals surface area contributed by atoms with Gasteiger partial charge in [-0.3, -0.25) is 0 Å². The molecule has 0 saturated heterocycles. The second-order valence-corrected chi connectivity index (χ2v) is 4.94. The van der Waals surface area contributed by atoms with Crippen molar-refractivity contribution >= 4 is 17.1 Å². The zero-order valence-corrected chi connectivity index (χ0v) is 10.3. The van der Waals surface area contributed by atoms with Gasteiger partial charge in [-0.1, -0.05) is 13.0 Å². The highest BCUT2D eigenvalue weighted by Gasteiger charge is 2.40. The van der Waals surface area contributed by atoms with Crippen molar-refractivity contribution in [2.75, 3.05) is 0 Å². The molecule has 2 heterocycles. The van der Waals surface area contributed by atoms with Gasteiger partial charge in [-0.05, 0) is 43.9 Å². The van der Waals surface area contributed by atoms with Crippen molar-refractivity contribution in [2.24, 2.45) is 0 Å². The number of furan rings is 2. The summed E-state index contributed by atoms with van der Waals surface area (Å²) in [6, 6.07) is 5.88. The zero-order valence-electron chi connectivity index (χ0n) is 10.3. The van der Waals surface area contributed by atoms with Gasteiger partial charge in [-0.15, -0.1) is 0 Å². The molecule has 0 aromatic carbocycles. The van der Waals surface area contributed by atoms with Crippen LogP contribution in [-0.2, 0) is 15.1 Å². The first kappa shape index (κ1) is 11.3. The maximum absolute atomic E-state index is 11.6. The van der Waals surface area contributed by atoms with Crippen molar-refractivity contribution in [3.63, 3.8) is 0 Å². The summed E-state index contributed by atoms with van der Waals surface area (Å²) < 4.78 is 11.3. The number of benzene rings is 1. The van der Waals surface area contributed by atoms with Gasteiger partial charge in [0.2, 0.25) is 0 Å². The van der Waals surface area contributed by atoms with Gasteiger partial charge in [0, 0.05) is 11.6 Å². The molecule has 3 nitrogen and oxygen atoms in total. The number of carbonyl (C=O) groups is 1. The van der Waals surface area contributed by atoms with Gasteiger partial charge in [0.05, 0.1) is 0 Å². The summed E-state index contributed by atoms with van der Waals surface area (Å²) in [5.74, 6) is -0.352. The van der Waals surface area contributed by atoms with Crippen LogP contribution in [0.15, 0.2) is 35.3 Å². The van der Waals surface area contributed by atoms with Crippen LogP contribution in [0.1, 0.15) is 37.7 Å². The summed E-state index contributed by atoms with van der Waals surface area (Å²) in [4.78, 5) is 11.6. The van der Waals surface area contributed by atoms with Crippen molar-refractivity contribution < 1.29 is 13.9 Å². The maximum Gasteiger partial charge on any atom is 0.331 e. The Kier molecular flexibility index (Phi) is 2.62. The van der Waals surface area contributed by atoms with Crippen LogP contribution < -0.4 is 0 Å². The monoisotopic (exact) mass is 244 g/mol. The molecular formula is C15H16O3. The molecule has 0 unspecified atom stereocenters. The number of fused-ring (bicyclic) bond motifs is 2. The van der Waals surface area contributed by atoms with E-state index in [1.807, 2.05) is 18.2 Å². The van der Waals surface area contributed by atoms with Crippen LogP contribution in [0.5, 0.6) is 0 Å². The summed E-state index contributed by atoms with van der Waals surface area (Å²) in [6.45, 7) is 3.48. The van der Waals surface area contributed by atoms with Crippen molar-refractivity contribution in [1.29, 1.82) is 0 Å². The van der Waals surface area contributed by atoms with Crippen LogP contribution in [0.4, 0.5) is 0 Å². The minimum absolute atomic E-state index is 0.352. The fourth-order valence-corrected chi connectivity index (χ4v) is 2.93. The Balaban J connectivity index is 2.00. The summed E-state index contributed by atoms with van der Waals surface area (Å²) in [7, 11) is 0. The Morgan fingerprint density at radius 3 is 2.67 bits per heavy atom.